The van der Waals surface area contributed by atoms with Gasteiger partial charge in [-0.1, -0.05) is 36.8 Å². The summed E-state index contributed by atoms with van der Waals surface area (Å²) in [7, 11) is -3.56. The molecule has 2 aromatic heterocycles. The molecular weight excluding hydrogens is 492 g/mol. The first-order valence-electron chi connectivity index (χ1n) is 12.2. The van der Waals surface area contributed by atoms with Crippen LogP contribution in [0, 0.1) is 0 Å². The zero-order valence-electron chi connectivity index (χ0n) is 20.1. The number of benzene rings is 2. The van der Waals surface area contributed by atoms with Crippen LogP contribution in [0.3, 0.4) is 0 Å². The molecule has 0 radical (unpaired) electrons. The normalized spacial score (nSPS) is 14.7. The van der Waals surface area contributed by atoms with Gasteiger partial charge in [0.2, 0.25) is 10.0 Å². The third-order valence-corrected chi connectivity index (χ3v) is 9.38. The number of carbonyl (C=O) groups is 1. The van der Waals surface area contributed by atoms with Gasteiger partial charge in [0.05, 0.1) is 27.4 Å². The molecule has 36 heavy (non-hydrogen) atoms. The predicted molar refractivity (Wildman–Crippen MR) is 143 cm³/mol. The van der Waals surface area contributed by atoms with E-state index in [1.165, 1.54) is 33.3 Å². The van der Waals surface area contributed by atoms with E-state index in [1.807, 2.05) is 24.3 Å². The van der Waals surface area contributed by atoms with E-state index in [0.717, 1.165) is 41.6 Å². The second-order valence-corrected chi connectivity index (χ2v) is 11.8. The van der Waals surface area contributed by atoms with Crippen LogP contribution in [-0.4, -0.2) is 41.7 Å². The van der Waals surface area contributed by atoms with Crippen LogP contribution in [0.2, 0.25) is 0 Å². The van der Waals surface area contributed by atoms with Gasteiger partial charge in [-0.25, -0.2) is 13.4 Å². The van der Waals surface area contributed by atoms with E-state index < -0.39 is 10.0 Å². The van der Waals surface area contributed by atoms with Crippen molar-refractivity contribution in [1.82, 2.24) is 14.3 Å². The number of nitrogens with zero attached hydrogens (tertiary/aromatic N) is 4. The van der Waals surface area contributed by atoms with E-state index in [2.05, 4.69) is 24.0 Å². The second kappa shape index (κ2) is 10.5. The van der Waals surface area contributed by atoms with E-state index in [9.17, 15) is 13.2 Å². The van der Waals surface area contributed by atoms with Crippen LogP contribution in [0.1, 0.15) is 47.8 Å². The summed E-state index contributed by atoms with van der Waals surface area (Å²) in [5.41, 5.74) is 3.19. The topological polar surface area (TPSA) is 83.5 Å². The summed E-state index contributed by atoms with van der Waals surface area (Å²) < 4.78 is 28.6. The third kappa shape index (κ3) is 5.04. The largest absolute Gasteiger partial charge is 0.278 e. The number of aromatic nitrogens is 2. The lowest BCUT2D eigenvalue weighted by molar-refractivity contribution is 0.0984. The molecule has 1 aliphatic heterocycles. The highest BCUT2D eigenvalue weighted by molar-refractivity contribution is 7.89. The Balaban J connectivity index is 1.47. The van der Waals surface area contributed by atoms with Crippen LogP contribution in [0.15, 0.2) is 71.8 Å². The lowest BCUT2D eigenvalue weighted by Gasteiger charge is -2.26. The zero-order chi connectivity index (χ0) is 25.1. The number of aryl methyl sites for hydroxylation is 1. The van der Waals surface area contributed by atoms with Crippen LogP contribution in [-0.2, 0) is 23.0 Å². The molecule has 0 saturated carbocycles. The summed E-state index contributed by atoms with van der Waals surface area (Å²) in [6, 6.07) is 18.0. The van der Waals surface area contributed by atoms with Crippen molar-refractivity contribution < 1.29 is 13.2 Å². The number of pyridine rings is 1. The highest BCUT2D eigenvalue weighted by Gasteiger charge is 2.27. The number of thiazole rings is 1. The molecule has 0 bridgehead atoms. The Bertz CT molecular complexity index is 1460. The monoisotopic (exact) mass is 520 g/mol. The van der Waals surface area contributed by atoms with Gasteiger partial charge < -0.3 is 0 Å². The molecule has 5 rings (SSSR count). The Hall–Kier alpha value is -3.14. The summed E-state index contributed by atoms with van der Waals surface area (Å²) >= 11 is 1.47. The predicted octanol–water partition coefficient (Wildman–Crippen LogP) is 5.28. The van der Waals surface area contributed by atoms with Crippen molar-refractivity contribution in [3.8, 4) is 0 Å². The van der Waals surface area contributed by atoms with Crippen LogP contribution in [0.25, 0.3) is 10.2 Å². The number of hydrogen-bond acceptors (Lipinski definition) is 6. The van der Waals surface area contributed by atoms with Crippen molar-refractivity contribution in [2.45, 2.75) is 44.0 Å². The minimum Gasteiger partial charge on any atom is -0.278 e. The summed E-state index contributed by atoms with van der Waals surface area (Å²) in [6.45, 7) is 3.44. The molecule has 1 aliphatic rings. The molecular formula is C27H28N4O3S2. The number of piperidine rings is 1. The van der Waals surface area contributed by atoms with E-state index in [4.69, 9.17) is 4.98 Å². The molecule has 9 heteroatoms. The zero-order valence-corrected chi connectivity index (χ0v) is 21.8. The molecule has 1 saturated heterocycles. The first-order chi connectivity index (χ1) is 17.5. The van der Waals surface area contributed by atoms with Crippen LogP contribution in [0.5, 0.6) is 0 Å². The average Bonchev–Trinajstić information content (AvgIpc) is 3.35. The van der Waals surface area contributed by atoms with E-state index >= 15 is 0 Å². The highest BCUT2D eigenvalue weighted by Crippen LogP contribution is 2.32. The van der Waals surface area contributed by atoms with Crippen molar-refractivity contribution in [2.75, 3.05) is 18.0 Å². The Morgan fingerprint density at radius 2 is 1.81 bits per heavy atom. The van der Waals surface area contributed by atoms with Crippen LogP contribution < -0.4 is 4.90 Å². The number of carbonyl (C=O) groups excluding carboxylic acids is 1. The van der Waals surface area contributed by atoms with E-state index in [0.29, 0.717) is 23.8 Å². The smallest absolute Gasteiger partial charge is 0.260 e. The summed E-state index contributed by atoms with van der Waals surface area (Å²) in [5.74, 6) is -0.252. The van der Waals surface area contributed by atoms with Gasteiger partial charge in [0.15, 0.2) is 5.13 Å². The van der Waals surface area contributed by atoms with Crippen molar-refractivity contribution in [1.29, 1.82) is 0 Å². The Morgan fingerprint density at radius 3 is 2.50 bits per heavy atom. The van der Waals surface area contributed by atoms with Gasteiger partial charge in [-0.15, -0.1) is 0 Å². The number of amides is 1. The highest BCUT2D eigenvalue weighted by atomic mass is 32.2. The molecule has 0 aliphatic carbocycles. The molecule has 0 spiro atoms. The van der Waals surface area contributed by atoms with Gasteiger partial charge in [0, 0.05) is 24.8 Å². The third-order valence-electron chi connectivity index (χ3n) is 6.43. The van der Waals surface area contributed by atoms with Gasteiger partial charge in [-0.05, 0) is 73.4 Å². The molecule has 0 atom stereocenters. The molecule has 7 nitrogen and oxygen atoms in total. The van der Waals surface area contributed by atoms with Crippen molar-refractivity contribution >= 4 is 42.6 Å². The maximum atomic E-state index is 13.7. The van der Waals surface area contributed by atoms with E-state index in [1.54, 1.807) is 23.2 Å². The quantitative estimate of drug-likeness (QED) is 0.331. The molecule has 4 aromatic rings. The molecule has 0 unspecified atom stereocenters. The Kier molecular flexibility index (Phi) is 7.13. The molecule has 3 heterocycles. The molecule has 1 fully saturated rings. The standard InChI is InChI=1S/C27H28N4O3S2/c1-2-20-9-14-24-25(18-20)35-27(29-24)31(19-22-8-4-5-15-28-22)26(32)21-10-12-23(13-11-21)36(33,34)30-16-6-3-7-17-30/h4-5,8-15,18H,2-3,6-7,16-17,19H2,1H3. The minimum atomic E-state index is -3.56. The lowest BCUT2D eigenvalue weighted by atomic mass is 10.2. The second-order valence-electron chi connectivity index (χ2n) is 8.85. The summed E-state index contributed by atoms with van der Waals surface area (Å²) in [6.07, 6.45) is 5.42. The number of rotatable bonds is 7. The maximum Gasteiger partial charge on any atom is 0.260 e. The summed E-state index contributed by atoms with van der Waals surface area (Å²) in [4.78, 5) is 24.7. The first kappa shape index (κ1) is 24.5. The van der Waals surface area contributed by atoms with Gasteiger partial charge in [0.25, 0.3) is 5.91 Å². The Morgan fingerprint density at radius 1 is 1.03 bits per heavy atom. The number of hydrogen-bond donors (Lipinski definition) is 0. The average molecular weight is 521 g/mol. The molecule has 2 aromatic carbocycles. The fourth-order valence-corrected chi connectivity index (χ4v) is 6.90. The van der Waals surface area contributed by atoms with Gasteiger partial charge >= 0.3 is 0 Å². The number of anilines is 1. The van der Waals surface area contributed by atoms with Gasteiger partial charge in [-0.2, -0.15) is 4.31 Å². The minimum absolute atomic E-state index is 0.212. The van der Waals surface area contributed by atoms with Crippen molar-refractivity contribution in [3.05, 3.63) is 83.7 Å². The van der Waals surface area contributed by atoms with E-state index in [-0.39, 0.29) is 17.3 Å². The first-order valence-corrected chi connectivity index (χ1v) is 14.4. The number of fused-ring (bicyclic) bond motifs is 1. The van der Waals surface area contributed by atoms with Gasteiger partial charge in [0.1, 0.15) is 0 Å². The number of sulfonamides is 1. The fourth-order valence-electron chi connectivity index (χ4n) is 4.35. The van der Waals surface area contributed by atoms with Gasteiger partial charge in [-0.3, -0.25) is 14.7 Å². The summed E-state index contributed by atoms with van der Waals surface area (Å²) in [5, 5.41) is 0.582. The maximum absolute atomic E-state index is 13.7. The lowest BCUT2D eigenvalue weighted by Crippen LogP contribution is -2.35. The fraction of sp³-hybridized carbons (Fsp3) is 0.296. The SMILES string of the molecule is CCc1ccc2nc(N(Cc3ccccn3)C(=O)c3ccc(S(=O)(=O)N4CCCCC4)cc3)sc2c1. The van der Waals surface area contributed by atoms with Crippen molar-refractivity contribution in [3.63, 3.8) is 0 Å². The van der Waals surface area contributed by atoms with Crippen LogP contribution in [0.4, 0.5) is 5.13 Å². The molecule has 186 valence electrons. The molecule has 1 amide bonds. The molecule has 0 N–H and O–H groups in total. The van der Waals surface area contributed by atoms with Crippen LogP contribution >= 0.6 is 11.3 Å². The Labute approximate surface area is 215 Å². The van der Waals surface area contributed by atoms with Crippen molar-refractivity contribution in [2.24, 2.45) is 0 Å².